The van der Waals surface area contributed by atoms with Gasteiger partial charge in [0.05, 0.1) is 16.4 Å². The maximum absolute atomic E-state index is 12.2. The van der Waals surface area contributed by atoms with Crippen LogP contribution in [0.25, 0.3) is 0 Å². The van der Waals surface area contributed by atoms with Crippen LogP contribution in [0.2, 0.25) is 5.02 Å². The van der Waals surface area contributed by atoms with Crippen LogP contribution in [-0.2, 0) is 0 Å². The van der Waals surface area contributed by atoms with Gasteiger partial charge in [0, 0.05) is 25.9 Å². The Morgan fingerprint density at radius 2 is 2.10 bits per heavy atom. The first-order valence-electron chi connectivity index (χ1n) is 5.97. The van der Waals surface area contributed by atoms with E-state index in [0.29, 0.717) is 27.8 Å². The van der Waals surface area contributed by atoms with E-state index in [4.69, 9.17) is 17.3 Å². The Balaban J connectivity index is 2.26. The van der Waals surface area contributed by atoms with Crippen molar-refractivity contribution >= 4 is 34.7 Å². The summed E-state index contributed by atoms with van der Waals surface area (Å²) >= 11 is 5.84. The Morgan fingerprint density at radius 3 is 2.75 bits per heavy atom. The first-order chi connectivity index (χ1) is 9.49. The monoisotopic (exact) mass is 290 g/mol. The second kappa shape index (κ2) is 5.79. The van der Waals surface area contributed by atoms with Gasteiger partial charge >= 0.3 is 0 Å². The molecule has 6 heteroatoms. The molecule has 3 N–H and O–H groups in total. The zero-order valence-corrected chi connectivity index (χ0v) is 12.0. The second-order valence-electron chi connectivity index (χ2n) is 4.46. The Kier molecular flexibility index (Phi) is 4.10. The van der Waals surface area contributed by atoms with Crippen LogP contribution in [0.5, 0.6) is 0 Å². The molecule has 1 aromatic heterocycles. The summed E-state index contributed by atoms with van der Waals surface area (Å²) in [7, 11) is 3.72. The average Bonchev–Trinajstić information content (AvgIpc) is 2.42. The van der Waals surface area contributed by atoms with Gasteiger partial charge in [0.25, 0.3) is 5.91 Å². The van der Waals surface area contributed by atoms with E-state index >= 15 is 0 Å². The van der Waals surface area contributed by atoms with Crippen molar-refractivity contribution in [2.24, 2.45) is 0 Å². The summed E-state index contributed by atoms with van der Waals surface area (Å²) in [6.07, 6.45) is 1.67. The number of nitrogen functional groups attached to an aromatic ring is 1. The van der Waals surface area contributed by atoms with Crippen molar-refractivity contribution in [3.63, 3.8) is 0 Å². The van der Waals surface area contributed by atoms with Gasteiger partial charge in [-0.3, -0.25) is 4.79 Å². The molecule has 0 atom stereocenters. The van der Waals surface area contributed by atoms with Gasteiger partial charge in [-0.15, -0.1) is 0 Å². The van der Waals surface area contributed by atoms with E-state index in [0.717, 1.165) is 0 Å². The van der Waals surface area contributed by atoms with Crippen LogP contribution in [0.1, 0.15) is 10.4 Å². The summed E-state index contributed by atoms with van der Waals surface area (Å²) < 4.78 is 0. The van der Waals surface area contributed by atoms with Crippen molar-refractivity contribution in [3.8, 4) is 0 Å². The molecule has 2 aromatic rings. The number of rotatable bonds is 3. The fourth-order valence-corrected chi connectivity index (χ4v) is 1.85. The molecule has 5 nitrogen and oxygen atoms in total. The first-order valence-corrected chi connectivity index (χ1v) is 6.35. The number of hydrogen-bond acceptors (Lipinski definition) is 4. The van der Waals surface area contributed by atoms with Gasteiger partial charge in [0.2, 0.25) is 0 Å². The smallest absolute Gasteiger partial charge is 0.255 e. The summed E-state index contributed by atoms with van der Waals surface area (Å²) in [5.41, 5.74) is 7.15. The zero-order chi connectivity index (χ0) is 14.7. The van der Waals surface area contributed by atoms with Crippen molar-refractivity contribution in [2.45, 2.75) is 0 Å². The number of pyridine rings is 1. The normalized spacial score (nSPS) is 10.2. The highest BCUT2D eigenvalue weighted by molar-refractivity contribution is 6.33. The van der Waals surface area contributed by atoms with Crippen LogP contribution < -0.4 is 16.0 Å². The molecule has 0 fully saturated rings. The Labute approximate surface area is 122 Å². The molecule has 2 rings (SSSR count). The molecule has 0 spiro atoms. The first kappa shape index (κ1) is 14.1. The highest BCUT2D eigenvalue weighted by atomic mass is 35.5. The van der Waals surface area contributed by atoms with E-state index in [2.05, 4.69) is 10.3 Å². The van der Waals surface area contributed by atoms with E-state index in [1.165, 1.54) is 0 Å². The highest BCUT2D eigenvalue weighted by Crippen LogP contribution is 2.23. The lowest BCUT2D eigenvalue weighted by Crippen LogP contribution is -2.17. The van der Waals surface area contributed by atoms with Crippen molar-refractivity contribution in [1.29, 1.82) is 0 Å². The van der Waals surface area contributed by atoms with Gasteiger partial charge in [-0.1, -0.05) is 11.6 Å². The predicted molar refractivity (Wildman–Crippen MR) is 82.4 cm³/mol. The van der Waals surface area contributed by atoms with Crippen molar-refractivity contribution in [3.05, 3.63) is 47.1 Å². The van der Waals surface area contributed by atoms with Gasteiger partial charge in [0.1, 0.15) is 0 Å². The molecule has 0 saturated carbocycles. The van der Waals surface area contributed by atoms with Crippen LogP contribution in [0.4, 0.5) is 17.2 Å². The quantitative estimate of drug-likeness (QED) is 0.853. The number of aromatic nitrogens is 1. The highest BCUT2D eigenvalue weighted by Gasteiger charge is 2.11. The van der Waals surface area contributed by atoms with Gasteiger partial charge in [-0.25, -0.2) is 4.98 Å². The minimum Gasteiger partial charge on any atom is -0.398 e. The third kappa shape index (κ3) is 3.00. The molecule has 1 aromatic carbocycles. The van der Waals surface area contributed by atoms with Gasteiger partial charge in [-0.2, -0.15) is 0 Å². The predicted octanol–water partition coefficient (Wildman–Crippen LogP) is 2.64. The van der Waals surface area contributed by atoms with Crippen molar-refractivity contribution < 1.29 is 4.79 Å². The van der Waals surface area contributed by atoms with E-state index in [1.54, 1.807) is 36.5 Å². The molecule has 0 aliphatic rings. The number of nitrogens with two attached hydrogens (primary N) is 1. The molecule has 0 aliphatic carbocycles. The van der Waals surface area contributed by atoms with Crippen LogP contribution in [0.3, 0.4) is 0 Å². The number of nitrogens with zero attached hydrogens (tertiary/aromatic N) is 2. The lowest BCUT2D eigenvalue weighted by Gasteiger charge is -2.16. The molecule has 20 heavy (non-hydrogen) atoms. The Hall–Kier alpha value is -2.27. The summed E-state index contributed by atoms with van der Waals surface area (Å²) in [4.78, 5) is 18.2. The van der Waals surface area contributed by atoms with E-state index in [9.17, 15) is 4.79 Å². The van der Waals surface area contributed by atoms with Crippen LogP contribution in [0, 0.1) is 0 Å². The molecule has 0 radical (unpaired) electrons. The van der Waals surface area contributed by atoms with Crippen LogP contribution in [-0.4, -0.2) is 25.0 Å². The molecule has 0 saturated heterocycles. The third-order valence-corrected chi connectivity index (χ3v) is 3.06. The van der Waals surface area contributed by atoms with E-state index < -0.39 is 0 Å². The van der Waals surface area contributed by atoms with E-state index in [1.807, 2.05) is 19.0 Å². The number of carbonyl (C=O) groups is 1. The maximum atomic E-state index is 12.2. The lowest BCUT2D eigenvalue weighted by atomic mass is 10.2. The summed E-state index contributed by atoms with van der Waals surface area (Å²) in [5, 5.41) is 3.24. The van der Waals surface area contributed by atoms with Crippen molar-refractivity contribution in [1.82, 2.24) is 4.98 Å². The fraction of sp³-hybridized carbons (Fsp3) is 0.143. The molecular weight excluding hydrogens is 276 g/mol. The number of nitrogens with one attached hydrogen (secondary N) is 1. The number of halogens is 1. The van der Waals surface area contributed by atoms with E-state index in [-0.39, 0.29) is 5.91 Å². The minimum absolute atomic E-state index is 0.260. The maximum Gasteiger partial charge on any atom is 0.255 e. The Bertz CT molecular complexity index is 643. The number of carbonyl (C=O) groups excluding carboxylic acids is 1. The topological polar surface area (TPSA) is 71.2 Å². The molecular formula is C14H15ClN4O. The number of benzene rings is 1. The SMILES string of the molecule is CN(C)c1ncccc1NC(=O)c1ccc(Cl)c(N)c1. The fourth-order valence-electron chi connectivity index (χ4n) is 1.73. The standard InChI is InChI=1S/C14H15ClN4O/c1-19(2)13-12(4-3-7-17-13)18-14(20)9-5-6-10(15)11(16)8-9/h3-8H,16H2,1-2H3,(H,18,20). The molecule has 0 aliphatic heterocycles. The molecule has 1 heterocycles. The third-order valence-electron chi connectivity index (χ3n) is 2.72. The molecule has 104 valence electrons. The number of anilines is 3. The summed E-state index contributed by atoms with van der Waals surface area (Å²) in [5.74, 6) is 0.423. The largest absolute Gasteiger partial charge is 0.398 e. The van der Waals surface area contributed by atoms with Crippen LogP contribution in [0.15, 0.2) is 36.5 Å². The number of amides is 1. The van der Waals surface area contributed by atoms with Gasteiger partial charge in [-0.05, 0) is 30.3 Å². The number of hydrogen-bond donors (Lipinski definition) is 2. The molecule has 0 unspecified atom stereocenters. The van der Waals surface area contributed by atoms with Gasteiger partial charge < -0.3 is 16.0 Å². The second-order valence-corrected chi connectivity index (χ2v) is 4.87. The zero-order valence-electron chi connectivity index (χ0n) is 11.2. The lowest BCUT2D eigenvalue weighted by molar-refractivity contribution is 0.102. The van der Waals surface area contributed by atoms with Crippen molar-refractivity contribution in [2.75, 3.05) is 30.0 Å². The molecule has 0 bridgehead atoms. The molecule has 1 amide bonds. The average molecular weight is 291 g/mol. The summed E-state index contributed by atoms with van der Waals surface area (Å²) in [6.45, 7) is 0. The Morgan fingerprint density at radius 1 is 1.35 bits per heavy atom. The minimum atomic E-state index is -0.260. The van der Waals surface area contributed by atoms with Crippen LogP contribution >= 0.6 is 11.6 Å². The van der Waals surface area contributed by atoms with Gasteiger partial charge in [0.15, 0.2) is 5.82 Å². The summed E-state index contributed by atoms with van der Waals surface area (Å²) in [6, 6.07) is 8.32.